The van der Waals surface area contributed by atoms with Crippen molar-refractivity contribution in [3.05, 3.63) is 24.9 Å². The van der Waals surface area contributed by atoms with Gasteiger partial charge in [-0.1, -0.05) is 5.16 Å². The molecule has 1 fully saturated rings. The molecule has 9 heteroatoms. The van der Waals surface area contributed by atoms with E-state index in [9.17, 15) is 9.90 Å². The number of pyridine rings is 1. The normalized spacial score (nSPS) is 18.0. The van der Waals surface area contributed by atoms with Crippen molar-refractivity contribution in [2.45, 2.75) is 18.9 Å². The van der Waals surface area contributed by atoms with Gasteiger partial charge < -0.3 is 24.8 Å². The van der Waals surface area contributed by atoms with Crippen molar-refractivity contribution in [3.8, 4) is 11.4 Å². The molecule has 1 aliphatic heterocycles. The Labute approximate surface area is 136 Å². The molecule has 0 spiro atoms. The zero-order valence-electron chi connectivity index (χ0n) is 12.8. The van der Waals surface area contributed by atoms with Crippen LogP contribution >= 0.6 is 0 Å². The fourth-order valence-corrected chi connectivity index (χ4v) is 3.10. The molecule has 1 unspecified atom stereocenters. The number of nitrogens with one attached hydrogen (secondary N) is 2. The number of likely N-dealkylation sites (tertiary alicyclic amines) is 1. The van der Waals surface area contributed by atoms with Gasteiger partial charge >= 0.3 is 6.09 Å². The van der Waals surface area contributed by atoms with E-state index in [-0.39, 0.29) is 6.04 Å². The Morgan fingerprint density at radius 1 is 1.46 bits per heavy atom. The molecule has 1 saturated heterocycles. The van der Waals surface area contributed by atoms with E-state index in [1.54, 1.807) is 6.20 Å². The minimum atomic E-state index is -0.888. The van der Waals surface area contributed by atoms with Crippen molar-refractivity contribution >= 4 is 22.8 Å². The van der Waals surface area contributed by atoms with Gasteiger partial charge in [-0.3, -0.25) is 0 Å². The van der Waals surface area contributed by atoms with Crippen LogP contribution in [0.25, 0.3) is 22.4 Å². The highest BCUT2D eigenvalue weighted by Gasteiger charge is 2.25. The van der Waals surface area contributed by atoms with E-state index < -0.39 is 6.09 Å². The number of rotatable bonds is 3. The van der Waals surface area contributed by atoms with Gasteiger partial charge in [-0.2, -0.15) is 4.98 Å². The minimum Gasteiger partial charge on any atom is -0.465 e. The lowest BCUT2D eigenvalue weighted by Gasteiger charge is -2.32. The van der Waals surface area contributed by atoms with Gasteiger partial charge in [0.2, 0.25) is 12.2 Å². The van der Waals surface area contributed by atoms with Gasteiger partial charge in [0.25, 0.3) is 0 Å². The minimum absolute atomic E-state index is 0.0148. The second-order valence-corrected chi connectivity index (χ2v) is 5.75. The van der Waals surface area contributed by atoms with E-state index in [4.69, 9.17) is 4.52 Å². The molecule has 0 bridgehead atoms. The highest BCUT2D eigenvalue weighted by atomic mass is 16.5. The topological polar surface area (TPSA) is 120 Å². The predicted molar refractivity (Wildman–Crippen MR) is 85.6 cm³/mol. The van der Waals surface area contributed by atoms with E-state index in [0.717, 1.165) is 35.1 Å². The lowest BCUT2D eigenvalue weighted by Crippen LogP contribution is -2.44. The van der Waals surface area contributed by atoms with Crippen LogP contribution in [-0.2, 0) is 0 Å². The van der Waals surface area contributed by atoms with E-state index in [1.807, 2.05) is 12.3 Å². The van der Waals surface area contributed by atoms with E-state index >= 15 is 0 Å². The number of hydrogen-bond acceptors (Lipinski definition) is 6. The number of carboxylic acid groups (broad SMARTS) is 1. The largest absolute Gasteiger partial charge is 0.465 e. The molecule has 0 saturated carbocycles. The highest BCUT2D eigenvalue weighted by molar-refractivity contribution is 5.97. The summed E-state index contributed by atoms with van der Waals surface area (Å²) >= 11 is 0. The first-order valence-corrected chi connectivity index (χ1v) is 7.69. The summed E-state index contributed by atoms with van der Waals surface area (Å²) in [5, 5.41) is 17.5. The van der Waals surface area contributed by atoms with Crippen LogP contribution in [0.4, 0.5) is 10.5 Å². The first kappa shape index (κ1) is 14.5. The molecular formula is C15H16N6O3. The quantitative estimate of drug-likeness (QED) is 0.673. The maximum Gasteiger partial charge on any atom is 0.407 e. The van der Waals surface area contributed by atoms with E-state index in [0.29, 0.717) is 18.9 Å². The maximum atomic E-state index is 11.2. The van der Waals surface area contributed by atoms with Crippen LogP contribution in [0.1, 0.15) is 12.8 Å². The van der Waals surface area contributed by atoms with Crippen molar-refractivity contribution in [3.63, 3.8) is 0 Å². The van der Waals surface area contributed by atoms with Gasteiger partial charge in [-0.15, -0.1) is 0 Å². The lowest BCUT2D eigenvalue weighted by atomic mass is 10.0. The van der Waals surface area contributed by atoms with Gasteiger partial charge in [-0.25, -0.2) is 9.78 Å². The molecule has 3 aromatic rings. The number of carbonyl (C=O) groups is 1. The number of piperidine rings is 1. The monoisotopic (exact) mass is 328 g/mol. The molecule has 0 radical (unpaired) electrons. The van der Waals surface area contributed by atoms with E-state index in [1.165, 1.54) is 11.3 Å². The first-order chi connectivity index (χ1) is 11.7. The molecule has 3 N–H and O–H groups in total. The van der Waals surface area contributed by atoms with Crippen LogP contribution in [0.2, 0.25) is 0 Å². The summed E-state index contributed by atoms with van der Waals surface area (Å²) in [7, 11) is 0. The summed E-state index contributed by atoms with van der Waals surface area (Å²) in [5.41, 5.74) is 2.30. The number of aromatic nitrogens is 4. The van der Waals surface area contributed by atoms with Crippen molar-refractivity contribution in [2.24, 2.45) is 0 Å². The molecule has 0 aliphatic carbocycles. The Kier molecular flexibility index (Phi) is 3.52. The average Bonchev–Trinajstić information content (AvgIpc) is 3.27. The Bertz CT molecular complexity index is 859. The van der Waals surface area contributed by atoms with Crippen LogP contribution in [0.5, 0.6) is 0 Å². The summed E-state index contributed by atoms with van der Waals surface area (Å²) in [6, 6.07) is 1.94. The van der Waals surface area contributed by atoms with Crippen LogP contribution in [0, 0.1) is 0 Å². The molecule has 3 aromatic heterocycles. The van der Waals surface area contributed by atoms with Crippen LogP contribution in [0.15, 0.2) is 29.4 Å². The number of nitrogens with zero attached hydrogens (tertiary/aromatic N) is 4. The van der Waals surface area contributed by atoms with Gasteiger partial charge in [0.15, 0.2) is 0 Å². The predicted octanol–water partition coefficient (Wildman–Crippen LogP) is 2.17. The van der Waals surface area contributed by atoms with Gasteiger partial charge in [0, 0.05) is 36.9 Å². The summed E-state index contributed by atoms with van der Waals surface area (Å²) < 4.78 is 4.85. The fraction of sp³-hybridized carbons (Fsp3) is 0.333. The van der Waals surface area contributed by atoms with E-state index in [2.05, 4.69) is 25.4 Å². The fourth-order valence-electron chi connectivity index (χ4n) is 3.10. The van der Waals surface area contributed by atoms with Crippen molar-refractivity contribution in [1.82, 2.24) is 25.0 Å². The molecule has 0 aromatic carbocycles. The third kappa shape index (κ3) is 2.53. The molecule has 124 valence electrons. The average molecular weight is 328 g/mol. The maximum absolute atomic E-state index is 11.2. The van der Waals surface area contributed by atoms with Crippen molar-refractivity contribution in [1.29, 1.82) is 0 Å². The molecular weight excluding hydrogens is 312 g/mol. The number of aromatic amines is 1. The Hall–Kier alpha value is -3.10. The third-order valence-corrected chi connectivity index (χ3v) is 4.23. The number of amides is 1. The van der Waals surface area contributed by atoms with Gasteiger partial charge in [0.1, 0.15) is 5.65 Å². The smallest absolute Gasteiger partial charge is 0.407 e. The number of hydrogen-bond donors (Lipinski definition) is 3. The highest BCUT2D eigenvalue weighted by Crippen LogP contribution is 2.32. The second kappa shape index (κ2) is 5.84. The SMILES string of the molecule is O=C(O)N1CCCC(Nc2c(-c3ncon3)cnc3[nH]ccc23)C1. The number of H-pyrrole nitrogens is 1. The lowest BCUT2D eigenvalue weighted by molar-refractivity contribution is 0.133. The molecule has 4 rings (SSSR count). The zero-order valence-corrected chi connectivity index (χ0v) is 12.8. The molecule has 4 heterocycles. The summed E-state index contributed by atoms with van der Waals surface area (Å²) in [4.78, 5) is 24.2. The van der Waals surface area contributed by atoms with Crippen LogP contribution in [0.3, 0.4) is 0 Å². The number of anilines is 1. The molecule has 1 aliphatic rings. The van der Waals surface area contributed by atoms with Gasteiger partial charge in [-0.05, 0) is 18.9 Å². The van der Waals surface area contributed by atoms with Crippen molar-refractivity contribution in [2.75, 3.05) is 18.4 Å². The number of fused-ring (bicyclic) bond motifs is 1. The molecule has 24 heavy (non-hydrogen) atoms. The van der Waals surface area contributed by atoms with Gasteiger partial charge in [0.05, 0.1) is 11.3 Å². The summed E-state index contributed by atoms with van der Waals surface area (Å²) in [5.74, 6) is 0.444. The third-order valence-electron chi connectivity index (χ3n) is 4.23. The zero-order chi connectivity index (χ0) is 16.5. The summed E-state index contributed by atoms with van der Waals surface area (Å²) in [6.07, 6.45) is 5.60. The van der Waals surface area contributed by atoms with Crippen molar-refractivity contribution < 1.29 is 14.4 Å². The molecule has 1 atom stereocenters. The van der Waals surface area contributed by atoms with Crippen LogP contribution in [-0.4, -0.2) is 55.3 Å². The Morgan fingerprint density at radius 2 is 2.38 bits per heavy atom. The first-order valence-electron chi connectivity index (χ1n) is 7.69. The molecule has 1 amide bonds. The molecule has 9 nitrogen and oxygen atoms in total. The Morgan fingerprint density at radius 3 is 3.17 bits per heavy atom. The van der Waals surface area contributed by atoms with Crippen LogP contribution < -0.4 is 5.32 Å². The Balaban J connectivity index is 1.71. The second-order valence-electron chi connectivity index (χ2n) is 5.75. The summed E-state index contributed by atoms with van der Waals surface area (Å²) in [6.45, 7) is 1.01. The standard InChI is InChI=1S/C15H16N6O3/c22-15(23)21-5-1-2-9(7-21)19-12-10-3-4-16-13(10)17-6-11(12)14-18-8-24-20-14/h3-4,6,8-9H,1-2,5,7H2,(H,22,23)(H2,16,17,19).